The van der Waals surface area contributed by atoms with Gasteiger partial charge in [-0.1, -0.05) is 17.8 Å². The maximum Gasteiger partial charge on any atom is 0.187 e. The molecule has 1 aliphatic rings. The Bertz CT molecular complexity index is 625. The van der Waals surface area contributed by atoms with Gasteiger partial charge < -0.3 is 9.47 Å². The number of ether oxygens (including phenoxy) is 2. The van der Waals surface area contributed by atoms with E-state index in [1.165, 1.54) is 24.6 Å². The summed E-state index contributed by atoms with van der Waals surface area (Å²) in [6.07, 6.45) is 10.7. The lowest BCUT2D eigenvalue weighted by molar-refractivity contribution is 0.201. The van der Waals surface area contributed by atoms with Gasteiger partial charge in [0, 0.05) is 18.0 Å². The van der Waals surface area contributed by atoms with Gasteiger partial charge in [0.05, 0.1) is 13.2 Å². The van der Waals surface area contributed by atoms with E-state index in [-0.39, 0.29) is 0 Å². The SMILES string of the molecule is COc1ccc(-c2cnc(SC)nc2)cc1OC1CCCC1. The lowest BCUT2D eigenvalue weighted by Gasteiger charge is -2.16. The van der Waals surface area contributed by atoms with Crippen LogP contribution in [-0.2, 0) is 0 Å². The second kappa shape index (κ2) is 7.01. The van der Waals surface area contributed by atoms with Crippen LogP contribution in [0.1, 0.15) is 25.7 Å². The maximum absolute atomic E-state index is 6.13. The molecule has 0 aliphatic heterocycles. The minimum absolute atomic E-state index is 0.305. The minimum Gasteiger partial charge on any atom is -0.493 e. The van der Waals surface area contributed by atoms with Crippen molar-refractivity contribution in [2.24, 2.45) is 0 Å². The first-order chi connectivity index (χ1) is 10.8. The number of methoxy groups -OCH3 is 1. The van der Waals surface area contributed by atoms with Crippen LogP contribution < -0.4 is 9.47 Å². The Balaban J connectivity index is 1.87. The monoisotopic (exact) mass is 316 g/mol. The maximum atomic E-state index is 6.13. The largest absolute Gasteiger partial charge is 0.493 e. The first-order valence-electron chi connectivity index (χ1n) is 7.51. The van der Waals surface area contributed by atoms with Crippen LogP contribution in [0, 0.1) is 0 Å². The van der Waals surface area contributed by atoms with E-state index in [9.17, 15) is 0 Å². The summed E-state index contributed by atoms with van der Waals surface area (Å²) in [6, 6.07) is 5.98. The molecule has 2 aromatic rings. The first kappa shape index (κ1) is 15.2. The van der Waals surface area contributed by atoms with Crippen molar-refractivity contribution in [2.45, 2.75) is 36.9 Å². The predicted octanol–water partition coefficient (Wildman–Crippen LogP) is 4.20. The molecule has 0 spiro atoms. The van der Waals surface area contributed by atoms with Crippen molar-refractivity contribution in [3.63, 3.8) is 0 Å². The van der Waals surface area contributed by atoms with Gasteiger partial charge in [-0.05, 0) is 49.6 Å². The van der Waals surface area contributed by atoms with Gasteiger partial charge in [0.25, 0.3) is 0 Å². The van der Waals surface area contributed by atoms with Crippen LogP contribution in [0.15, 0.2) is 35.7 Å². The Kier molecular flexibility index (Phi) is 4.83. The Hall–Kier alpha value is -1.75. The molecular formula is C17H20N2O2S. The first-order valence-corrected chi connectivity index (χ1v) is 8.73. The van der Waals surface area contributed by atoms with Crippen LogP contribution in [0.4, 0.5) is 0 Å². The van der Waals surface area contributed by atoms with E-state index < -0.39 is 0 Å². The smallest absolute Gasteiger partial charge is 0.187 e. The fourth-order valence-corrected chi connectivity index (χ4v) is 3.02. The lowest BCUT2D eigenvalue weighted by atomic mass is 10.1. The highest BCUT2D eigenvalue weighted by atomic mass is 32.2. The summed E-state index contributed by atoms with van der Waals surface area (Å²) in [7, 11) is 1.67. The Morgan fingerprint density at radius 1 is 1.05 bits per heavy atom. The molecule has 5 heteroatoms. The molecule has 1 aliphatic carbocycles. The molecule has 0 unspecified atom stereocenters. The molecule has 0 radical (unpaired) electrons. The standard InChI is InChI=1S/C17H20N2O2S/c1-20-15-8-7-12(13-10-18-17(22-2)19-11-13)9-16(15)21-14-5-3-4-6-14/h7-11,14H,3-6H2,1-2H3. The van der Waals surface area contributed by atoms with Crippen LogP contribution in [0.2, 0.25) is 0 Å². The number of rotatable bonds is 5. The zero-order valence-electron chi connectivity index (χ0n) is 12.9. The molecule has 0 N–H and O–H groups in total. The molecule has 1 saturated carbocycles. The van der Waals surface area contributed by atoms with Gasteiger partial charge in [0.15, 0.2) is 16.7 Å². The number of thioether (sulfide) groups is 1. The molecule has 0 atom stereocenters. The summed E-state index contributed by atoms with van der Waals surface area (Å²) >= 11 is 1.54. The van der Waals surface area contributed by atoms with Gasteiger partial charge in [-0.2, -0.15) is 0 Å². The summed E-state index contributed by atoms with van der Waals surface area (Å²) in [5.41, 5.74) is 2.03. The Labute approximate surface area is 135 Å². The summed E-state index contributed by atoms with van der Waals surface area (Å²) in [5.74, 6) is 1.58. The second-order valence-electron chi connectivity index (χ2n) is 5.35. The normalized spacial score (nSPS) is 15.0. The third-order valence-corrected chi connectivity index (χ3v) is 4.48. The molecule has 4 nitrogen and oxygen atoms in total. The highest BCUT2D eigenvalue weighted by molar-refractivity contribution is 7.98. The van der Waals surface area contributed by atoms with Crippen LogP contribution in [0.3, 0.4) is 0 Å². The minimum atomic E-state index is 0.305. The van der Waals surface area contributed by atoms with E-state index in [1.807, 2.05) is 36.8 Å². The lowest BCUT2D eigenvalue weighted by Crippen LogP contribution is -2.11. The van der Waals surface area contributed by atoms with E-state index in [0.717, 1.165) is 40.6 Å². The van der Waals surface area contributed by atoms with E-state index in [0.29, 0.717) is 6.10 Å². The molecule has 116 valence electrons. The van der Waals surface area contributed by atoms with Gasteiger partial charge in [-0.15, -0.1) is 0 Å². The number of nitrogens with zero attached hydrogens (tertiary/aromatic N) is 2. The van der Waals surface area contributed by atoms with E-state index >= 15 is 0 Å². The zero-order valence-corrected chi connectivity index (χ0v) is 13.7. The highest BCUT2D eigenvalue weighted by Gasteiger charge is 2.18. The predicted molar refractivity (Wildman–Crippen MR) is 88.7 cm³/mol. The summed E-state index contributed by atoms with van der Waals surface area (Å²) in [6.45, 7) is 0. The van der Waals surface area contributed by atoms with Gasteiger partial charge in [0.2, 0.25) is 0 Å². The Morgan fingerprint density at radius 3 is 2.41 bits per heavy atom. The van der Waals surface area contributed by atoms with Crippen molar-refractivity contribution in [1.29, 1.82) is 0 Å². The van der Waals surface area contributed by atoms with Crippen molar-refractivity contribution in [1.82, 2.24) is 9.97 Å². The number of hydrogen-bond donors (Lipinski definition) is 0. The van der Waals surface area contributed by atoms with Crippen LogP contribution in [-0.4, -0.2) is 29.4 Å². The van der Waals surface area contributed by atoms with Gasteiger partial charge >= 0.3 is 0 Å². The number of aromatic nitrogens is 2. The molecule has 22 heavy (non-hydrogen) atoms. The molecule has 0 saturated heterocycles. The van der Waals surface area contributed by atoms with Crippen molar-refractivity contribution in [3.8, 4) is 22.6 Å². The van der Waals surface area contributed by atoms with Crippen molar-refractivity contribution >= 4 is 11.8 Å². The molecule has 1 fully saturated rings. The van der Waals surface area contributed by atoms with Crippen LogP contribution >= 0.6 is 11.8 Å². The number of benzene rings is 1. The second-order valence-corrected chi connectivity index (χ2v) is 6.12. The van der Waals surface area contributed by atoms with E-state index in [1.54, 1.807) is 7.11 Å². The van der Waals surface area contributed by atoms with Crippen LogP contribution in [0.5, 0.6) is 11.5 Å². The average molecular weight is 316 g/mol. The highest BCUT2D eigenvalue weighted by Crippen LogP contribution is 2.35. The topological polar surface area (TPSA) is 44.2 Å². The van der Waals surface area contributed by atoms with Crippen molar-refractivity contribution < 1.29 is 9.47 Å². The van der Waals surface area contributed by atoms with E-state index in [4.69, 9.17) is 9.47 Å². The van der Waals surface area contributed by atoms with Gasteiger partial charge in [0.1, 0.15) is 0 Å². The molecular weight excluding hydrogens is 296 g/mol. The summed E-state index contributed by atoms with van der Waals surface area (Å²) in [4.78, 5) is 8.66. The summed E-state index contributed by atoms with van der Waals surface area (Å²) < 4.78 is 11.6. The molecule has 0 amide bonds. The average Bonchev–Trinajstić information content (AvgIpc) is 3.08. The Morgan fingerprint density at radius 2 is 1.77 bits per heavy atom. The molecule has 3 rings (SSSR count). The number of hydrogen-bond acceptors (Lipinski definition) is 5. The van der Waals surface area contributed by atoms with Crippen molar-refractivity contribution in [2.75, 3.05) is 13.4 Å². The summed E-state index contributed by atoms with van der Waals surface area (Å²) in [5, 5.41) is 0.777. The third-order valence-electron chi connectivity index (χ3n) is 3.90. The van der Waals surface area contributed by atoms with Gasteiger partial charge in [-0.3, -0.25) is 0 Å². The van der Waals surface area contributed by atoms with Crippen LogP contribution in [0.25, 0.3) is 11.1 Å². The molecule has 1 aromatic heterocycles. The quantitative estimate of drug-likeness (QED) is 0.611. The molecule has 0 bridgehead atoms. The molecule has 1 heterocycles. The van der Waals surface area contributed by atoms with Gasteiger partial charge in [-0.25, -0.2) is 9.97 Å². The fourth-order valence-electron chi connectivity index (χ4n) is 2.70. The third kappa shape index (κ3) is 3.35. The van der Waals surface area contributed by atoms with Crippen molar-refractivity contribution in [3.05, 3.63) is 30.6 Å². The fraction of sp³-hybridized carbons (Fsp3) is 0.412. The van der Waals surface area contributed by atoms with E-state index in [2.05, 4.69) is 9.97 Å². The zero-order chi connectivity index (χ0) is 15.4. The molecule has 1 aromatic carbocycles.